The first-order valence-corrected chi connectivity index (χ1v) is 5.92. The molecule has 4 heteroatoms. The van der Waals surface area contributed by atoms with E-state index in [2.05, 4.69) is 30.5 Å². The fourth-order valence-electron chi connectivity index (χ4n) is 2.12. The van der Waals surface area contributed by atoms with Crippen LogP contribution in [0.25, 0.3) is 21.2 Å². The lowest BCUT2D eigenvalue weighted by Crippen LogP contribution is -3.00. The predicted octanol–water partition coefficient (Wildman–Crippen LogP) is 0.267. The molecular weight excluding hydrogens is 333 g/mol. The minimum Gasteiger partial charge on any atom is -1.00 e. The highest BCUT2D eigenvalue weighted by Gasteiger charge is 2.19. The SMILES string of the molecule is CC[n+]1c(C)sc2ccc3occc3c21.[I-]. The molecule has 0 aliphatic heterocycles. The van der Waals surface area contributed by atoms with E-state index in [-0.39, 0.29) is 24.0 Å². The zero-order valence-corrected chi connectivity index (χ0v) is 12.1. The topological polar surface area (TPSA) is 17.0 Å². The van der Waals surface area contributed by atoms with Gasteiger partial charge in [-0.3, -0.25) is 0 Å². The van der Waals surface area contributed by atoms with E-state index in [0.29, 0.717) is 0 Å². The Hall–Kier alpha value is -0.620. The van der Waals surface area contributed by atoms with Crippen molar-refractivity contribution in [3.8, 4) is 0 Å². The number of aryl methyl sites for hydroxylation is 2. The summed E-state index contributed by atoms with van der Waals surface area (Å²) in [7, 11) is 0. The molecular formula is C12H12INOS. The summed E-state index contributed by atoms with van der Waals surface area (Å²) >= 11 is 1.84. The van der Waals surface area contributed by atoms with Gasteiger partial charge in [0.25, 0.3) is 0 Å². The summed E-state index contributed by atoms with van der Waals surface area (Å²) in [6, 6.07) is 6.24. The maximum absolute atomic E-state index is 5.43. The second-order valence-electron chi connectivity index (χ2n) is 3.61. The third-order valence-corrected chi connectivity index (χ3v) is 3.86. The molecule has 0 unspecified atom stereocenters. The van der Waals surface area contributed by atoms with Crippen molar-refractivity contribution in [2.45, 2.75) is 20.4 Å². The van der Waals surface area contributed by atoms with Crippen LogP contribution >= 0.6 is 11.3 Å². The first-order chi connectivity index (χ1) is 7.31. The maximum Gasteiger partial charge on any atom is 0.235 e. The average Bonchev–Trinajstić information content (AvgIpc) is 2.78. The van der Waals surface area contributed by atoms with Crippen LogP contribution in [-0.4, -0.2) is 0 Å². The average molecular weight is 345 g/mol. The third-order valence-electron chi connectivity index (χ3n) is 2.79. The molecule has 0 saturated heterocycles. The molecule has 3 rings (SSSR count). The van der Waals surface area contributed by atoms with Crippen LogP contribution in [0.4, 0.5) is 0 Å². The van der Waals surface area contributed by atoms with E-state index in [1.807, 2.05) is 17.4 Å². The largest absolute Gasteiger partial charge is 1.00 e. The van der Waals surface area contributed by atoms with Gasteiger partial charge in [-0.1, -0.05) is 11.3 Å². The molecule has 0 radical (unpaired) electrons. The lowest BCUT2D eigenvalue weighted by atomic mass is 10.2. The van der Waals surface area contributed by atoms with E-state index in [1.54, 1.807) is 6.26 Å². The Morgan fingerprint density at radius 3 is 2.88 bits per heavy atom. The van der Waals surface area contributed by atoms with Crippen molar-refractivity contribution < 1.29 is 33.0 Å². The Morgan fingerprint density at radius 2 is 2.12 bits per heavy atom. The number of furan rings is 1. The van der Waals surface area contributed by atoms with Crippen LogP contribution in [0.5, 0.6) is 0 Å². The molecule has 0 aliphatic rings. The van der Waals surface area contributed by atoms with Gasteiger partial charge in [-0.25, -0.2) is 0 Å². The normalized spacial score (nSPS) is 10.9. The van der Waals surface area contributed by atoms with E-state index in [9.17, 15) is 0 Å². The molecule has 0 bridgehead atoms. The minimum atomic E-state index is 0. The molecule has 0 fully saturated rings. The number of rotatable bonds is 1. The standard InChI is InChI=1S/C12H12NOS.HI/c1-3-13-8(2)15-11-5-4-10-9(12(11)13)6-7-14-10;/h4-7H,3H2,1-2H3;1H/q+1;/p-1. The molecule has 16 heavy (non-hydrogen) atoms. The van der Waals surface area contributed by atoms with Gasteiger partial charge >= 0.3 is 0 Å². The van der Waals surface area contributed by atoms with Gasteiger partial charge in [0.1, 0.15) is 16.8 Å². The number of thiazole rings is 1. The minimum absolute atomic E-state index is 0. The summed E-state index contributed by atoms with van der Waals surface area (Å²) in [6.45, 7) is 5.36. The first-order valence-electron chi connectivity index (χ1n) is 5.10. The predicted molar refractivity (Wildman–Crippen MR) is 62.2 cm³/mol. The van der Waals surface area contributed by atoms with Gasteiger partial charge in [0.2, 0.25) is 10.5 Å². The van der Waals surface area contributed by atoms with E-state index < -0.39 is 0 Å². The van der Waals surface area contributed by atoms with E-state index in [4.69, 9.17) is 4.42 Å². The fraction of sp³-hybridized carbons (Fsp3) is 0.250. The Bertz CT molecular complexity index is 641. The highest BCUT2D eigenvalue weighted by Crippen LogP contribution is 2.28. The number of halogens is 1. The van der Waals surface area contributed by atoms with Gasteiger partial charge < -0.3 is 28.4 Å². The van der Waals surface area contributed by atoms with E-state index in [0.717, 1.165) is 12.1 Å². The van der Waals surface area contributed by atoms with Gasteiger partial charge in [0.05, 0.1) is 11.6 Å². The summed E-state index contributed by atoms with van der Waals surface area (Å²) in [5.74, 6) is 0. The van der Waals surface area contributed by atoms with Crippen LogP contribution in [0, 0.1) is 6.92 Å². The second kappa shape index (κ2) is 4.33. The van der Waals surface area contributed by atoms with E-state index >= 15 is 0 Å². The number of fused-ring (bicyclic) bond motifs is 3. The van der Waals surface area contributed by atoms with Crippen LogP contribution in [-0.2, 0) is 6.54 Å². The lowest BCUT2D eigenvalue weighted by molar-refractivity contribution is -0.668. The summed E-state index contributed by atoms with van der Waals surface area (Å²) in [5.41, 5.74) is 2.29. The van der Waals surface area contributed by atoms with E-state index in [1.165, 1.54) is 20.6 Å². The molecule has 1 aromatic carbocycles. The Morgan fingerprint density at radius 1 is 1.31 bits per heavy atom. The Labute approximate surface area is 115 Å². The van der Waals surface area contributed by atoms with Crippen molar-refractivity contribution in [1.29, 1.82) is 0 Å². The molecule has 0 amide bonds. The highest BCUT2D eigenvalue weighted by molar-refractivity contribution is 7.18. The number of hydrogen-bond acceptors (Lipinski definition) is 2. The second-order valence-corrected chi connectivity index (χ2v) is 4.84. The summed E-state index contributed by atoms with van der Waals surface area (Å²) in [5, 5.41) is 2.57. The molecule has 0 aliphatic carbocycles. The van der Waals surface area contributed by atoms with Crippen molar-refractivity contribution in [1.82, 2.24) is 0 Å². The quantitative estimate of drug-likeness (QED) is 0.457. The van der Waals surface area contributed by atoms with Crippen LogP contribution in [0.15, 0.2) is 28.9 Å². The summed E-state index contributed by atoms with van der Waals surface area (Å²) in [6.07, 6.45) is 1.76. The highest BCUT2D eigenvalue weighted by atomic mass is 127. The number of hydrogen-bond donors (Lipinski definition) is 0. The smallest absolute Gasteiger partial charge is 0.235 e. The number of aromatic nitrogens is 1. The van der Waals surface area contributed by atoms with Crippen LogP contribution in [0.2, 0.25) is 0 Å². The molecule has 0 saturated carbocycles. The van der Waals surface area contributed by atoms with Gasteiger partial charge in [-0.15, -0.1) is 0 Å². The monoisotopic (exact) mass is 345 g/mol. The van der Waals surface area contributed by atoms with Crippen LogP contribution in [0.1, 0.15) is 11.9 Å². The molecule has 2 heterocycles. The van der Waals surface area contributed by atoms with Crippen molar-refractivity contribution in [3.63, 3.8) is 0 Å². The number of benzene rings is 1. The van der Waals surface area contributed by atoms with Crippen molar-refractivity contribution >= 4 is 32.5 Å². The Kier molecular flexibility index (Phi) is 3.21. The summed E-state index contributed by atoms with van der Waals surface area (Å²) < 4.78 is 9.11. The zero-order valence-electron chi connectivity index (χ0n) is 9.16. The molecule has 2 nitrogen and oxygen atoms in total. The first kappa shape index (κ1) is 11.9. The van der Waals surface area contributed by atoms with Crippen LogP contribution < -0.4 is 28.5 Å². The lowest BCUT2D eigenvalue weighted by Gasteiger charge is -1.91. The van der Waals surface area contributed by atoms with Crippen LogP contribution in [0.3, 0.4) is 0 Å². The maximum atomic E-state index is 5.43. The number of nitrogens with zero attached hydrogens (tertiary/aromatic N) is 1. The molecule has 0 spiro atoms. The zero-order chi connectivity index (χ0) is 10.4. The molecule has 2 aromatic heterocycles. The molecule has 0 atom stereocenters. The Balaban J connectivity index is 0.000000963. The summed E-state index contributed by atoms with van der Waals surface area (Å²) in [4.78, 5) is 0. The molecule has 0 N–H and O–H groups in total. The van der Waals surface area contributed by atoms with Crippen molar-refractivity contribution in [2.24, 2.45) is 0 Å². The molecule has 84 valence electrons. The van der Waals surface area contributed by atoms with Gasteiger partial charge in [-0.05, 0) is 25.1 Å². The van der Waals surface area contributed by atoms with Gasteiger partial charge in [0.15, 0.2) is 0 Å². The van der Waals surface area contributed by atoms with Gasteiger partial charge in [-0.2, -0.15) is 4.57 Å². The fourth-order valence-corrected chi connectivity index (χ4v) is 3.22. The third kappa shape index (κ3) is 1.55. The molecule has 3 aromatic rings. The van der Waals surface area contributed by atoms with Crippen molar-refractivity contribution in [2.75, 3.05) is 0 Å². The van der Waals surface area contributed by atoms with Gasteiger partial charge in [0, 0.05) is 6.92 Å². The van der Waals surface area contributed by atoms with Crippen molar-refractivity contribution in [3.05, 3.63) is 29.5 Å².